The van der Waals surface area contributed by atoms with Gasteiger partial charge in [-0.2, -0.15) is 0 Å². The predicted molar refractivity (Wildman–Crippen MR) is 88.1 cm³/mol. The number of benzene rings is 1. The Kier molecular flexibility index (Phi) is 3.40. The highest BCUT2D eigenvalue weighted by Crippen LogP contribution is 2.50. The van der Waals surface area contributed by atoms with Crippen molar-refractivity contribution < 1.29 is 4.79 Å². The molecule has 0 radical (unpaired) electrons. The van der Waals surface area contributed by atoms with Gasteiger partial charge in [-0.15, -0.1) is 0 Å². The minimum atomic E-state index is -0.260. The number of hydrogen-bond donors (Lipinski definition) is 0. The van der Waals surface area contributed by atoms with Crippen LogP contribution in [-0.2, 0) is 10.2 Å². The van der Waals surface area contributed by atoms with Crippen molar-refractivity contribution in [3.8, 4) is 0 Å². The van der Waals surface area contributed by atoms with E-state index in [9.17, 15) is 4.79 Å². The molecule has 4 rings (SSSR count). The standard InChI is InChI=1S/C19H21N3O/c1-14-7-11-20-17(21-14)15-8-12-22(13-15)18(23)19(9-10-19)16-5-3-2-4-6-16/h2-7,11,15H,8-10,12-13H2,1H3/t15-/m1/s1. The van der Waals surface area contributed by atoms with Gasteiger partial charge in [-0.25, -0.2) is 9.97 Å². The zero-order chi connectivity index (χ0) is 15.9. The van der Waals surface area contributed by atoms with Crippen LogP contribution in [-0.4, -0.2) is 33.9 Å². The van der Waals surface area contributed by atoms with Crippen LogP contribution in [0, 0.1) is 6.92 Å². The largest absolute Gasteiger partial charge is 0.341 e. The summed E-state index contributed by atoms with van der Waals surface area (Å²) in [6.45, 7) is 3.55. The molecule has 2 aromatic rings. The van der Waals surface area contributed by atoms with Crippen molar-refractivity contribution in [2.24, 2.45) is 0 Å². The smallest absolute Gasteiger partial charge is 0.233 e. The van der Waals surface area contributed by atoms with Crippen LogP contribution in [0.5, 0.6) is 0 Å². The van der Waals surface area contributed by atoms with E-state index in [0.717, 1.165) is 43.9 Å². The first-order chi connectivity index (χ1) is 11.2. The summed E-state index contributed by atoms with van der Waals surface area (Å²) in [4.78, 5) is 24.0. The van der Waals surface area contributed by atoms with Gasteiger partial charge in [-0.1, -0.05) is 30.3 Å². The third-order valence-electron chi connectivity index (χ3n) is 5.14. The molecule has 2 heterocycles. The third-order valence-corrected chi connectivity index (χ3v) is 5.14. The van der Waals surface area contributed by atoms with Gasteiger partial charge in [0, 0.05) is 30.9 Å². The zero-order valence-corrected chi connectivity index (χ0v) is 13.4. The minimum Gasteiger partial charge on any atom is -0.341 e. The molecule has 1 aromatic heterocycles. The average molecular weight is 307 g/mol. The SMILES string of the molecule is Cc1ccnc([C@@H]2CCN(C(=O)C3(c4ccccc4)CC3)C2)n1. The van der Waals surface area contributed by atoms with E-state index in [4.69, 9.17) is 0 Å². The van der Waals surface area contributed by atoms with E-state index >= 15 is 0 Å². The Morgan fingerprint density at radius 3 is 2.70 bits per heavy atom. The maximum Gasteiger partial charge on any atom is 0.233 e. The molecule has 1 saturated carbocycles. The maximum atomic E-state index is 13.1. The summed E-state index contributed by atoms with van der Waals surface area (Å²) in [6, 6.07) is 12.1. The molecule has 118 valence electrons. The Labute approximate surface area is 136 Å². The molecule has 23 heavy (non-hydrogen) atoms. The molecule has 1 aliphatic heterocycles. The number of hydrogen-bond acceptors (Lipinski definition) is 3. The van der Waals surface area contributed by atoms with Crippen molar-refractivity contribution in [3.05, 3.63) is 59.7 Å². The van der Waals surface area contributed by atoms with E-state index < -0.39 is 0 Å². The van der Waals surface area contributed by atoms with Crippen LogP contribution in [0.15, 0.2) is 42.6 Å². The van der Waals surface area contributed by atoms with Crippen LogP contribution in [0.3, 0.4) is 0 Å². The molecule has 0 bridgehead atoms. The highest BCUT2D eigenvalue weighted by Gasteiger charge is 2.53. The number of carbonyl (C=O) groups is 1. The van der Waals surface area contributed by atoms with E-state index in [1.807, 2.05) is 42.3 Å². The van der Waals surface area contributed by atoms with Crippen LogP contribution >= 0.6 is 0 Å². The van der Waals surface area contributed by atoms with Gasteiger partial charge >= 0.3 is 0 Å². The molecule has 1 aromatic carbocycles. The molecular formula is C19H21N3O. The van der Waals surface area contributed by atoms with Gasteiger partial charge in [-0.3, -0.25) is 4.79 Å². The van der Waals surface area contributed by atoms with Crippen LogP contribution in [0.2, 0.25) is 0 Å². The number of aromatic nitrogens is 2. The number of rotatable bonds is 3. The quantitative estimate of drug-likeness (QED) is 0.876. The third kappa shape index (κ3) is 2.52. The van der Waals surface area contributed by atoms with Crippen molar-refractivity contribution >= 4 is 5.91 Å². The highest BCUT2D eigenvalue weighted by atomic mass is 16.2. The summed E-state index contributed by atoms with van der Waals surface area (Å²) in [5, 5.41) is 0. The van der Waals surface area contributed by atoms with Gasteiger partial charge < -0.3 is 4.90 Å². The van der Waals surface area contributed by atoms with Gasteiger partial charge in [0.25, 0.3) is 0 Å². The molecule has 0 N–H and O–H groups in total. The first-order valence-electron chi connectivity index (χ1n) is 8.33. The summed E-state index contributed by atoms with van der Waals surface area (Å²) in [6.07, 6.45) is 4.71. The number of nitrogens with zero attached hydrogens (tertiary/aromatic N) is 3. The number of amides is 1. The van der Waals surface area contributed by atoms with E-state index in [-0.39, 0.29) is 11.3 Å². The zero-order valence-electron chi connectivity index (χ0n) is 13.4. The molecule has 1 aliphatic carbocycles. The van der Waals surface area contributed by atoms with E-state index in [1.165, 1.54) is 5.56 Å². The lowest BCUT2D eigenvalue weighted by Gasteiger charge is -2.23. The second-order valence-corrected chi connectivity index (χ2v) is 6.74. The molecule has 2 fully saturated rings. The molecule has 1 saturated heterocycles. The lowest BCUT2D eigenvalue weighted by molar-refractivity contribution is -0.132. The first kappa shape index (κ1) is 14.4. The number of likely N-dealkylation sites (tertiary alicyclic amines) is 1. The number of carbonyl (C=O) groups excluding carboxylic acids is 1. The Morgan fingerprint density at radius 1 is 1.22 bits per heavy atom. The summed E-state index contributed by atoms with van der Waals surface area (Å²) >= 11 is 0. The first-order valence-corrected chi connectivity index (χ1v) is 8.33. The molecule has 1 atom stereocenters. The topological polar surface area (TPSA) is 46.1 Å². The van der Waals surface area contributed by atoms with Crippen molar-refractivity contribution in [2.75, 3.05) is 13.1 Å². The van der Waals surface area contributed by atoms with Crippen molar-refractivity contribution in [1.82, 2.24) is 14.9 Å². The minimum absolute atomic E-state index is 0.260. The lowest BCUT2D eigenvalue weighted by atomic mass is 9.94. The summed E-state index contributed by atoms with van der Waals surface area (Å²) in [5.41, 5.74) is 1.90. The monoisotopic (exact) mass is 307 g/mol. The fourth-order valence-electron chi connectivity index (χ4n) is 3.63. The van der Waals surface area contributed by atoms with Gasteiger partial charge in [0.2, 0.25) is 5.91 Å². The van der Waals surface area contributed by atoms with Gasteiger partial charge in [0.1, 0.15) is 5.82 Å². The van der Waals surface area contributed by atoms with Crippen molar-refractivity contribution in [3.63, 3.8) is 0 Å². The normalized spacial score (nSPS) is 22.1. The average Bonchev–Trinajstić information content (AvgIpc) is 3.25. The Hall–Kier alpha value is -2.23. The summed E-state index contributed by atoms with van der Waals surface area (Å²) in [5.74, 6) is 1.44. The van der Waals surface area contributed by atoms with Crippen molar-refractivity contribution in [1.29, 1.82) is 0 Å². The van der Waals surface area contributed by atoms with Crippen LogP contribution < -0.4 is 0 Å². The Balaban J connectivity index is 1.51. The molecule has 0 spiro atoms. The summed E-state index contributed by atoms with van der Waals surface area (Å²) in [7, 11) is 0. The van der Waals surface area contributed by atoms with E-state index in [2.05, 4.69) is 22.1 Å². The second kappa shape index (κ2) is 5.44. The van der Waals surface area contributed by atoms with Gasteiger partial charge in [0.05, 0.1) is 5.41 Å². The second-order valence-electron chi connectivity index (χ2n) is 6.74. The molecule has 0 unspecified atom stereocenters. The van der Waals surface area contributed by atoms with Crippen LogP contribution in [0.4, 0.5) is 0 Å². The molecule has 4 heteroatoms. The van der Waals surface area contributed by atoms with Gasteiger partial charge in [-0.05, 0) is 37.8 Å². The van der Waals surface area contributed by atoms with E-state index in [0.29, 0.717) is 5.91 Å². The van der Waals surface area contributed by atoms with E-state index in [1.54, 1.807) is 0 Å². The molecular weight excluding hydrogens is 286 g/mol. The molecule has 2 aliphatic rings. The fraction of sp³-hybridized carbons (Fsp3) is 0.421. The highest BCUT2D eigenvalue weighted by molar-refractivity contribution is 5.91. The predicted octanol–water partition coefficient (Wildman–Crippen LogP) is 2.83. The molecule has 1 amide bonds. The Bertz CT molecular complexity index is 724. The van der Waals surface area contributed by atoms with Crippen LogP contribution in [0.1, 0.15) is 42.3 Å². The van der Waals surface area contributed by atoms with Crippen molar-refractivity contribution in [2.45, 2.75) is 37.5 Å². The maximum absolute atomic E-state index is 13.1. The van der Waals surface area contributed by atoms with Gasteiger partial charge in [0.15, 0.2) is 0 Å². The molecule has 4 nitrogen and oxygen atoms in total. The van der Waals surface area contributed by atoms with Crippen LogP contribution in [0.25, 0.3) is 0 Å². The number of aryl methyl sites for hydroxylation is 1. The Morgan fingerprint density at radius 2 is 2.00 bits per heavy atom. The fourth-order valence-corrected chi connectivity index (χ4v) is 3.63. The lowest BCUT2D eigenvalue weighted by Crippen LogP contribution is -2.37. The summed E-state index contributed by atoms with van der Waals surface area (Å²) < 4.78 is 0.